The first-order valence-corrected chi connectivity index (χ1v) is 8.50. The minimum absolute atomic E-state index is 0.420. The molecular weight excluding hydrogens is 262 g/mol. The minimum Gasteiger partial charge on any atom is -0.508 e. The third-order valence-electron chi connectivity index (χ3n) is 5.51. The zero-order valence-corrected chi connectivity index (χ0v) is 12.7. The number of ether oxygens (including phenoxy) is 1. The van der Waals surface area contributed by atoms with Crippen molar-refractivity contribution in [2.45, 2.75) is 63.6 Å². The van der Waals surface area contributed by atoms with Crippen LogP contribution >= 0.6 is 0 Å². The van der Waals surface area contributed by atoms with Crippen LogP contribution in [0.4, 0.5) is 0 Å². The van der Waals surface area contributed by atoms with Gasteiger partial charge >= 0.3 is 0 Å². The highest BCUT2D eigenvalue weighted by Gasteiger charge is 2.34. The lowest BCUT2D eigenvalue weighted by Crippen LogP contribution is -2.52. The molecule has 2 atom stereocenters. The molecule has 1 saturated carbocycles. The Bertz CT molecular complexity index is 526. The van der Waals surface area contributed by atoms with Gasteiger partial charge < -0.3 is 9.84 Å². The van der Waals surface area contributed by atoms with Gasteiger partial charge in [0.1, 0.15) is 5.75 Å². The van der Waals surface area contributed by atoms with Gasteiger partial charge in [-0.1, -0.05) is 18.9 Å². The van der Waals surface area contributed by atoms with Gasteiger partial charge in [-0.15, -0.1) is 0 Å². The van der Waals surface area contributed by atoms with Gasteiger partial charge in [0.15, 0.2) is 0 Å². The molecule has 2 aliphatic carbocycles. The van der Waals surface area contributed by atoms with Crippen molar-refractivity contribution in [3.63, 3.8) is 0 Å². The molecule has 3 aliphatic rings. The maximum Gasteiger partial charge on any atom is 0.120 e. The maximum atomic E-state index is 10.3. The first-order valence-electron chi connectivity index (χ1n) is 8.50. The highest BCUT2D eigenvalue weighted by molar-refractivity contribution is 5.44. The SMILES string of the molecule is Oc1cc2c(cc1CN1CCOC3CCCCC31)CCC2. The van der Waals surface area contributed by atoms with E-state index < -0.39 is 0 Å². The number of hydrogen-bond acceptors (Lipinski definition) is 3. The van der Waals surface area contributed by atoms with Crippen LogP contribution in [0.5, 0.6) is 5.75 Å². The third kappa shape index (κ3) is 2.58. The number of benzene rings is 1. The van der Waals surface area contributed by atoms with Crippen LogP contribution in [-0.2, 0) is 24.1 Å². The van der Waals surface area contributed by atoms with Gasteiger partial charge in [0, 0.05) is 24.7 Å². The van der Waals surface area contributed by atoms with Gasteiger partial charge in [-0.3, -0.25) is 4.90 Å². The monoisotopic (exact) mass is 287 g/mol. The van der Waals surface area contributed by atoms with Crippen LogP contribution in [0.25, 0.3) is 0 Å². The number of aromatic hydroxyl groups is 1. The molecule has 2 fully saturated rings. The Morgan fingerprint density at radius 2 is 1.90 bits per heavy atom. The predicted octanol–water partition coefficient (Wildman–Crippen LogP) is 3.02. The molecule has 2 unspecified atom stereocenters. The van der Waals surface area contributed by atoms with E-state index in [0.29, 0.717) is 17.9 Å². The molecule has 114 valence electrons. The van der Waals surface area contributed by atoms with Crippen molar-refractivity contribution in [1.82, 2.24) is 4.90 Å². The fourth-order valence-corrected chi connectivity index (χ4v) is 4.38. The summed E-state index contributed by atoms with van der Waals surface area (Å²) in [6.07, 6.45) is 9.04. The lowest BCUT2D eigenvalue weighted by atomic mass is 9.89. The standard InChI is InChI=1S/C18H25NO2/c20-17-11-14-5-3-4-13(14)10-15(17)12-19-8-9-21-18-7-2-1-6-16(18)19/h10-11,16,18,20H,1-9,12H2. The molecule has 21 heavy (non-hydrogen) atoms. The van der Waals surface area contributed by atoms with Crippen molar-refractivity contribution < 1.29 is 9.84 Å². The average Bonchev–Trinajstić information content (AvgIpc) is 2.95. The Hall–Kier alpha value is -1.06. The molecule has 0 amide bonds. The molecule has 0 bridgehead atoms. The number of rotatable bonds is 2. The fraction of sp³-hybridized carbons (Fsp3) is 0.667. The van der Waals surface area contributed by atoms with Crippen LogP contribution in [-0.4, -0.2) is 35.3 Å². The Morgan fingerprint density at radius 3 is 2.81 bits per heavy atom. The number of phenols is 1. The molecule has 3 heteroatoms. The van der Waals surface area contributed by atoms with E-state index in [1.807, 2.05) is 6.07 Å². The van der Waals surface area contributed by atoms with E-state index in [1.54, 1.807) is 0 Å². The van der Waals surface area contributed by atoms with E-state index in [9.17, 15) is 5.11 Å². The van der Waals surface area contributed by atoms with Crippen LogP contribution in [0, 0.1) is 0 Å². The summed E-state index contributed by atoms with van der Waals surface area (Å²) < 4.78 is 5.95. The summed E-state index contributed by atoms with van der Waals surface area (Å²) >= 11 is 0. The van der Waals surface area contributed by atoms with Crippen LogP contribution in [0.3, 0.4) is 0 Å². The summed E-state index contributed by atoms with van der Waals surface area (Å²) in [5.74, 6) is 0.495. The molecule has 1 aliphatic heterocycles. The van der Waals surface area contributed by atoms with Gasteiger partial charge in [0.05, 0.1) is 12.7 Å². The number of fused-ring (bicyclic) bond motifs is 2. The topological polar surface area (TPSA) is 32.7 Å². The normalized spacial score (nSPS) is 29.1. The Balaban J connectivity index is 1.55. The van der Waals surface area contributed by atoms with E-state index in [2.05, 4.69) is 11.0 Å². The molecule has 0 spiro atoms. The molecule has 1 aromatic rings. The third-order valence-corrected chi connectivity index (χ3v) is 5.51. The molecule has 1 heterocycles. The smallest absolute Gasteiger partial charge is 0.120 e. The van der Waals surface area contributed by atoms with Gasteiger partial charge in [0.25, 0.3) is 0 Å². The predicted molar refractivity (Wildman–Crippen MR) is 82.5 cm³/mol. The maximum absolute atomic E-state index is 10.3. The molecule has 0 aromatic heterocycles. The van der Waals surface area contributed by atoms with Crippen molar-refractivity contribution in [3.05, 3.63) is 28.8 Å². The number of phenolic OH excluding ortho intramolecular Hbond substituents is 1. The van der Waals surface area contributed by atoms with Crippen molar-refractivity contribution in [1.29, 1.82) is 0 Å². The lowest BCUT2D eigenvalue weighted by Gasteiger charge is -2.44. The summed E-state index contributed by atoms with van der Waals surface area (Å²) in [5.41, 5.74) is 3.92. The van der Waals surface area contributed by atoms with E-state index in [-0.39, 0.29) is 0 Å². The number of hydrogen-bond donors (Lipinski definition) is 1. The number of morpholine rings is 1. The summed E-state index contributed by atoms with van der Waals surface area (Å²) in [6.45, 7) is 2.72. The summed E-state index contributed by atoms with van der Waals surface area (Å²) in [4.78, 5) is 2.55. The highest BCUT2D eigenvalue weighted by atomic mass is 16.5. The highest BCUT2D eigenvalue weighted by Crippen LogP contribution is 2.33. The van der Waals surface area contributed by atoms with E-state index in [1.165, 1.54) is 49.7 Å². The van der Waals surface area contributed by atoms with Crippen molar-refractivity contribution in [2.75, 3.05) is 13.2 Å². The largest absolute Gasteiger partial charge is 0.508 e. The quantitative estimate of drug-likeness (QED) is 0.907. The zero-order chi connectivity index (χ0) is 14.2. The van der Waals surface area contributed by atoms with E-state index in [0.717, 1.165) is 31.7 Å². The summed E-state index contributed by atoms with van der Waals surface area (Å²) in [6, 6.07) is 4.82. The van der Waals surface area contributed by atoms with Gasteiger partial charge in [-0.2, -0.15) is 0 Å². The van der Waals surface area contributed by atoms with Gasteiger partial charge in [-0.25, -0.2) is 0 Å². The van der Waals surface area contributed by atoms with Crippen molar-refractivity contribution in [3.8, 4) is 5.75 Å². The molecule has 3 nitrogen and oxygen atoms in total. The van der Waals surface area contributed by atoms with E-state index in [4.69, 9.17) is 4.74 Å². The number of aryl methyl sites for hydroxylation is 2. The second kappa shape index (κ2) is 5.62. The van der Waals surface area contributed by atoms with E-state index >= 15 is 0 Å². The Kier molecular flexibility index (Phi) is 3.64. The van der Waals surface area contributed by atoms with Crippen LogP contribution < -0.4 is 0 Å². The lowest BCUT2D eigenvalue weighted by molar-refractivity contribution is -0.0912. The van der Waals surface area contributed by atoms with Crippen LogP contribution in [0.2, 0.25) is 0 Å². The second-order valence-corrected chi connectivity index (χ2v) is 6.83. The minimum atomic E-state index is 0.420. The average molecular weight is 287 g/mol. The molecule has 1 aromatic carbocycles. The van der Waals surface area contributed by atoms with Crippen LogP contribution in [0.1, 0.15) is 48.8 Å². The molecular formula is C18H25NO2. The zero-order valence-electron chi connectivity index (χ0n) is 12.7. The number of nitrogens with zero attached hydrogens (tertiary/aromatic N) is 1. The van der Waals surface area contributed by atoms with Crippen molar-refractivity contribution in [2.24, 2.45) is 0 Å². The molecule has 4 rings (SSSR count). The Morgan fingerprint density at radius 1 is 1.10 bits per heavy atom. The Labute approximate surface area is 126 Å². The van der Waals surface area contributed by atoms with Gasteiger partial charge in [-0.05, 0) is 49.3 Å². The molecule has 1 saturated heterocycles. The first kappa shape index (κ1) is 13.6. The second-order valence-electron chi connectivity index (χ2n) is 6.83. The molecule has 1 N–H and O–H groups in total. The summed E-state index contributed by atoms with van der Waals surface area (Å²) in [5, 5.41) is 10.3. The van der Waals surface area contributed by atoms with Gasteiger partial charge in [0.2, 0.25) is 0 Å². The van der Waals surface area contributed by atoms with Crippen molar-refractivity contribution >= 4 is 0 Å². The van der Waals surface area contributed by atoms with Crippen LogP contribution in [0.15, 0.2) is 12.1 Å². The molecule has 0 radical (unpaired) electrons. The first-order chi connectivity index (χ1) is 10.3. The fourth-order valence-electron chi connectivity index (χ4n) is 4.38. The summed E-state index contributed by atoms with van der Waals surface area (Å²) in [7, 11) is 0.